The van der Waals surface area contributed by atoms with Crippen LogP contribution in [0.1, 0.15) is 37.6 Å². The molecule has 0 spiro atoms. The van der Waals surface area contributed by atoms with Crippen molar-refractivity contribution in [1.82, 2.24) is 14.8 Å². The molecule has 2 aromatic heterocycles. The number of ether oxygens (including phenoxy) is 1. The van der Waals surface area contributed by atoms with Gasteiger partial charge >= 0.3 is 0 Å². The highest BCUT2D eigenvalue weighted by molar-refractivity contribution is 5.95. The van der Waals surface area contributed by atoms with E-state index in [1.807, 2.05) is 24.7 Å². The van der Waals surface area contributed by atoms with Gasteiger partial charge < -0.3 is 4.74 Å². The van der Waals surface area contributed by atoms with E-state index in [1.54, 1.807) is 7.11 Å². The fourth-order valence-electron chi connectivity index (χ4n) is 3.30. The van der Waals surface area contributed by atoms with E-state index < -0.39 is 0 Å². The fourth-order valence-corrected chi connectivity index (χ4v) is 3.30. The maximum atomic E-state index is 5.23. The smallest absolute Gasteiger partial charge is 0.213 e. The van der Waals surface area contributed by atoms with Gasteiger partial charge in [-0.25, -0.2) is 4.98 Å². The van der Waals surface area contributed by atoms with Crippen LogP contribution in [0, 0.1) is 6.92 Å². The molecule has 0 unspecified atom stereocenters. The zero-order valence-electron chi connectivity index (χ0n) is 16.5. The summed E-state index contributed by atoms with van der Waals surface area (Å²) in [6, 6.07) is 10.4. The number of nitrogens with zero attached hydrogens (tertiary/aromatic N) is 3. The molecule has 0 aliphatic rings. The lowest BCUT2D eigenvalue weighted by Gasteiger charge is -2.08. The number of rotatable bonds is 7. The Morgan fingerprint density at radius 3 is 2.63 bits per heavy atom. The molecule has 0 saturated heterocycles. The molecule has 0 aliphatic carbocycles. The van der Waals surface area contributed by atoms with Gasteiger partial charge in [0.05, 0.1) is 7.11 Å². The summed E-state index contributed by atoms with van der Waals surface area (Å²) in [6.45, 7) is 4.23. The van der Waals surface area contributed by atoms with E-state index in [0.29, 0.717) is 5.88 Å². The highest BCUT2D eigenvalue weighted by atomic mass is 35.5. The third-order valence-electron chi connectivity index (χ3n) is 4.75. The van der Waals surface area contributed by atoms with E-state index in [1.165, 1.54) is 23.9 Å². The molecule has 0 amide bonds. The van der Waals surface area contributed by atoms with Crippen LogP contribution < -0.4 is 4.74 Å². The van der Waals surface area contributed by atoms with E-state index in [4.69, 9.17) is 9.84 Å². The minimum absolute atomic E-state index is 0. The molecule has 1 aromatic carbocycles. The third kappa shape index (κ3) is 4.51. The highest BCUT2D eigenvalue weighted by Gasteiger charge is 2.14. The van der Waals surface area contributed by atoms with E-state index in [9.17, 15) is 0 Å². The zero-order valence-corrected chi connectivity index (χ0v) is 17.3. The van der Waals surface area contributed by atoms with Crippen molar-refractivity contribution < 1.29 is 4.74 Å². The van der Waals surface area contributed by atoms with Gasteiger partial charge in [-0.1, -0.05) is 50.1 Å². The molecule has 0 radical (unpaired) electrons. The standard InChI is InChI=1S/C22H27N3O.ClH/c1-5-6-7-8-9-13-20-19-12-10-11-18(22(19)24-25(20)3)17-14-15-21(26-4)23-16(17)2;/h8-12,14-15H,5-7,13H2,1-4H3;1H. The van der Waals surface area contributed by atoms with Crippen molar-refractivity contribution in [1.29, 1.82) is 0 Å². The quantitative estimate of drug-likeness (QED) is 0.389. The van der Waals surface area contributed by atoms with Gasteiger partial charge in [0.15, 0.2) is 0 Å². The Morgan fingerprint density at radius 2 is 1.93 bits per heavy atom. The van der Waals surface area contributed by atoms with Gasteiger partial charge in [-0.2, -0.15) is 5.10 Å². The number of fused-ring (bicyclic) bond motifs is 1. The first-order valence-corrected chi connectivity index (χ1v) is 9.27. The second-order valence-corrected chi connectivity index (χ2v) is 6.58. The number of aromatic nitrogens is 3. The normalized spacial score (nSPS) is 11.1. The number of halogens is 1. The molecular formula is C22H28ClN3O. The lowest BCUT2D eigenvalue weighted by Crippen LogP contribution is -1.96. The molecular weight excluding hydrogens is 358 g/mol. The molecule has 0 atom stereocenters. The maximum Gasteiger partial charge on any atom is 0.213 e. The molecule has 27 heavy (non-hydrogen) atoms. The molecule has 5 heteroatoms. The van der Waals surface area contributed by atoms with Crippen LogP contribution in [-0.2, 0) is 13.5 Å². The summed E-state index contributed by atoms with van der Waals surface area (Å²) >= 11 is 0. The molecule has 0 aliphatic heterocycles. The Balaban J connectivity index is 0.00000261. The minimum Gasteiger partial charge on any atom is -0.481 e. The number of aryl methyl sites for hydroxylation is 2. The van der Waals surface area contributed by atoms with Crippen LogP contribution in [0.5, 0.6) is 5.88 Å². The number of allylic oxidation sites excluding steroid dienone is 2. The number of pyridine rings is 1. The fraction of sp³-hybridized carbons (Fsp3) is 0.364. The topological polar surface area (TPSA) is 39.9 Å². The first-order valence-electron chi connectivity index (χ1n) is 9.27. The lowest BCUT2D eigenvalue weighted by atomic mass is 10.0. The Kier molecular flexibility index (Phi) is 7.43. The van der Waals surface area contributed by atoms with Crippen LogP contribution in [0.25, 0.3) is 22.0 Å². The second-order valence-electron chi connectivity index (χ2n) is 6.58. The van der Waals surface area contributed by atoms with Crippen LogP contribution in [-0.4, -0.2) is 21.9 Å². The van der Waals surface area contributed by atoms with Crippen molar-refractivity contribution >= 4 is 23.3 Å². The van der Waals surface area contributed by atoms with Crippen molar-refractivity contribution in [2.45, 2.75) is 39.5 Å². The molecule has 4 nitrogen and oxygen atoms in total. The van der Waals surface area contributed by atoms with Crippen molar-refractivity contribution in [3.05, 3.63) is 53.9 Å². The predicted molar refractivity (Wildman–Crippen MR) is 115 cm³/mol. The summed E-state index contributed by atoms with van der Waals surface area (Å²) in [5.74, 6) is 0.636. The van der Waals surface area contributed by atoms with Crippen LogP contribution in [0.3, 0.4) is 0 Å². The summed E-state index contributed by atoms with van der Waals surface area (Å²) in [5, 5.41) is 6.02. The van der Waals surface area contributed by atoms with E-state index >= 15 is 0 Å². The molecule has 3 aromatic rings. The highest BCUT2D eigenvalue weighted by Crippen LogP contribution is 2.32. The van der Waals surface area contributed by atoms with Gasteiger partial charge in [0.2, 0.25) is 5.88 Å². The van der Waals surface area contributed by atoms with Gasteiger partial charge in [-0.05, 0) is 19.4 Å². The van der Waals surface area contributed by atoms with Crippen LogP contribution in [0.4, 0.5) is 0 Å². The summed E-state index contributed by atoms with van der Waals surface area (Å²) < 4.78 is 7.23. The molecule has 0 N–H and O–H groups in total. The number of hydrogen-bond acceptors (Lipinski definition) is 3. The Bertz CT molecular complexity index is 931. The van der Waals surface area contributed by atoms with Crippen molar-refractivity contribution in [3.63, 3.8) is 0 Å². The molecule has 0 saturated carbocycles. The molecule has 144 valence electrons. The Hall–Kier alpha value is -2.33. The number of hydrogen-bond donors (Lipinski definition) is 0. The summed E-state index contributed by atoms with van der Waals surface area (Å²) in [5.41, 5.74) is 5.44. The van der Waals surface area contributed by atoms with Crippen LogP contribution in [0.2, 0.25) is 0 Å². The van der Waals surface area contributed by atoms with E-state index in [0.717, 1.165) is 35.2 Å². The number of benzene rings is 1. The maximum absolute atomic E-state index is 5.23. The predicted octanol–water partition coefficient (Wildman–Crippen LogP) is 5.66. The first-order chi connectivity index (χ1) is 12.7. The van der Waals surface area contributed by atoms with Crippen molar-refractivity contribution in [2.24, 2.45) is 7.05 Å². The minimum atomic E-state index is 0. The van der Waals surface area contributed by atoms with Gasteiger partial charge in [-0.3, -0.25) is 4.68 Å². The van der Waals surface area contributed by atoms with E-state index in [2.05, 4.69) is 48.3 Å². The van der Waals surface area contributed by atoms with Crippen LogP contribution in [0.15, 0.2) is 42.5 Å². The largest absolute Gasteiger partial charge is 0.481 e. The lowest BCUT2D eigenvalue weighted by molar-refractivity contribution is 0.397. The zero-order chi connectivity index (χ0) is 18.5. The second kappa shape index (κ2) is 9.56. The average Bonchev–Trinajstić information content (AvgIpc) is 2.97. The van der Waals surface area contributed by atoms with Gasteiger partial charge in [-0.15, -0.1) is 12.4 Å². The van der Waals surface area contributed by atoms with Gasteiger partial charge in [0.1, 0.15) is 5.52 Å². The number of methoxy groups -OCH3 is 1. The molecule has 0 fully saturated rings. The summed E-state index contributed by atoms with van der Waals surface area (Å²) in [6.07, 6.45) is 9.07. The Labute approximate surface area is 167 Å². The SMILES string of the molecule is CCCCC=CCc1c2cccc(-c3ccc(OC)nc3C)c2nn1C.Cl. The summed E-state index contributed by atoms with van der Waals surface area (Å²) in [7, 11) is 3.67. The van der Waals surface area contributed by atoms with Crippen molar-refractivity contribution in [3.8, 4) is 17.0 Å². The van der Waals surface area contributed by atoms with E-state index in [-0.39, 0.29) is 12.4 Å². The van der Waals surface area contributed by atoms with Crippen molar-refractivity contribution in [2.75, 3.05) is 7.11 Å². The first kappa shape index (κ1) is 21.0. The summed E-state index contributed by atoms with van der Waals surface area (Å²) in [4.78, 5) is 4.51. The molecule has 0 bridgehead atoms. The van der Waals surface area contributed by atoms with Gasteiger partial charge in [0.25, 0.3) is 0 Å². The average molecular weight is 386 g/mol. The molecule has 3 rings (SSSR count). The number of unbranched alkanes of at least 4 members (excludes halogenated alkanes) is 2. The Morgan fingerprint density at radius 1 is 1.11 bits per heavy atom. The molecule has 2 heterocycles. The monoisotopic (exact) mass is 385 g/mol. The third-order valence-corrected chi connectivity index (χ3v) is 4.75. The van der Waals surface area contributed by atoms with Gasteiger partial charge in [0, 0.05) is 47.4 Å². The van der Waals surface area contributed by atoms with Crippen LogP contribution >= 0.6 is 12.4 Å².